The second kappa shape index (κ2) is 12.6. The van der Waals surface area contributed by atoms with E-state index >= 15 is 0 Å². The van der Waals surface area contributed by atoms with Crippen molar-refractivity contribution in [3.63, 3.8) is 0 Å². The summed E-state index contributed by atoms with van der Waals surface area (Å²) in [6.45, 7) is 13.9. The SMILES string of the molecule is CC(=O)N1CCCC1.C\C=C/C=C(F)\C=C(/C)[I-]CNC(C)(C)C. The summed E-state index contributed by atoms with van der Waals surface area (Å²) in [5, 5.41) is 3.42. The summed E-state index contributed by atoms with van der Waals surface area (Å²) < 4.78 is 15.4. The third-order valence-corrected chi connectivity index (χ3v) is 5.49. The van der Waals surface area contributed by atoms with Crippen LogP contribution in [0.1, 0.15) is 54.4 Å². The molecule has 1 rings (SSSR count). The van der Waals surface area contributed by atoms with E-state index in [2.05, 4.69) is 26.1 Å². The molecule has 1 aliphatic rings. The number of allylic oxidation sites excluding steroid dienone is 6. The molecular formula is C19H33FIN2O-. The van der Waals surface area contributed by atoms with Crippen molar-refractivity contribution in [2.24, 2.45) is 0 Å². The standard InChI is InChI=1S/C13H22FIN.C6H11NO/c1-6-7-8-12(14)9-11(2)15-10-16-13(3,4)5;1-6(8)7-4-2-3-5-7/h6-9,16H,10H2,1-5H3;2-5H2,1H3/q-1;/b7-6-,11-9+,12-8+;. The van der Waals surface area contributed by atoms with Crippen molar-refractivity contribution in [2.45, 2.75) is 59.9 Å². The number of alkyl halides is 1. The first-order valence-corrected chi connectivity index (χ1v) is 11.0. The number of hydrogen-bond acceptors (Lipinski definition) is 2. The molecule has 24 heavy (non-hydrogen) atoms. The normalized spacial score (nSPS) is 16.5. The Morgan fingerprint density at radius 1 is 1.25 bits per heavy atom. The van der Waals surface area contributed by atoms with E-state index in [-0.39, 0.29) is 38.5 Å². The van der Waals surface area contributed by atoms with Gasteiger partial charge in [-0.1, -0.05) is 0 Å². The van der Waals surface area contributed by atoms with Gasteiger partial charge in [0.15, 0.2) is 0 Å². The summed E-state index contributed by atoms with van der Waals surface area (Å²) in [6.07, 6.45) is 9.05. The molecule has 3 nitrogen and oxygen atoms in total. The fourth-order valence-electron chi connectivity index (χ4n) is 1.84. The average Bonchev–Trinajstić information content (AvgIpc) is 2.98. The molecule has 0 aliphatic carbocycles. The van der Waals surface area contributed by atoms with Crippen LogP contribution in [0.15, 0.2) is 33.7 Å². The third-order valence-electron chi connectivity index (χ3n) is 3.21. The second-order valence-electron chi connectivity index (χ2n) is 6.72. The zero-order valence-electron chi connectivity index (χ0n) is 16.0. The van der Waals surface area contributed by atoms with Gasteiger partial charge >= 0.3 is 109 Å². The minimum absolute atomic E-state index is 0.108. The Balaban J connectivity index is 0.000000546. The molecule has 1 heterocycles. The van der Waals surface area contributed by atoms with Crippen molar-refractivity contribution in [2.75, 3.05) is 17.6 Å². The van der Waals surface area contributed by atoms with Gasteiger partial charge in [-0.15, -0.1) is 0 Å². The first-order valence-electron chi connectivity index (χ1n) is 8.42. The van der Waals surface area contributed by atoms with Crippen LogP contribution in [0, 0.1) is 0 Å². The summed E-state index contributed by atoms with van der Waals surface area (Å²) in [4.78, 5) is 12.5. The van der Waals surface area contributed by atoms with Crippen molar-refractivity contribution in [1.82, 2.24) is 10.2 Å². The van der Waals surface area contributed by atoms with Crippen LogP contribution in [-0.4, -0.2) is 34.0 Å². The number of amides is 1. The first kappa shape index (κ1) is 23.3. The number of likely N-dealkylation sites (tertiary alicyclic amines) is 1. The molecule has 1 amide bonds. The van der Waals surface area contributed by atoms with E-state index < -0.39 is 0 Å². The van der Waals surface area contributed by atoms with E-state index in [1.807, 2.05) is 24.8 Å². The van der Waals surface area contributed by atoms with Crippen LogP contribution in [0.4, 0.5) is 4.39 Å². The molecule has 0 aromatic heterocycles. The summed E-state index contributed by atoms with van der Waals surface area (Å²) in [5.41, 5.74) is 0.152. The van der Waals surface area contributed by atoms with Gasteiger partial charge in [-0.3, -0.25) is 4.79 Å². The molecule has 1 aliphatic heterocycles. The Labute approximate surface area is 157 Å². The maximum atomic E-state index is 13.2. The number of nitrogens with one attached hydrogen (secondary N) is 1. The van der Waals surface area contributed by atoms with Crippen LogP contribution < -0.4 is 26.5 Å². The molecule has 1 fully saturated rings. The molecule has 0 unspecified atom stereocenters. The third kappa shape index (κ3) is 13.7. The molecule has 0 radical (unpaired) electrons. The van der Waals surface area contributed by atoms with Gasteiger partial charge in [0.05, 0.1) is 0 Å². The van der Waals surface area contributed by atoms with Gasteiger partial charge < -0.3 is 4.90 Å². The predicted octanol–water partition coefficient (Wildman–Crippen LogP) is 1.38. The topological polar surface area (TPSA) is 32.3 Å². The van der Waals surface area contributed by atoms with Crippen LogP contribution in [0.25, 0.3) is 0 Å². The number of nitrogens with zero attached hydrogens (tertiary/aromatic N) is 1. The molecule has 0 saturated carbocycles. The van der Waals surface area contributed by atoms with Gasteiger partial charge in [0.1, 0.15) is 0 Å². The second-order valence-corrected chi connectivity index (χ2v) is 9.94. The summed E-state index contributed by atoms with van der Waals surface area (Å²) >= 11 is -0.108. The molecular weight excluding hydrogens is 418 g/mol. The van der Waals surface area contributed by atoms with Crippen LogP contribution in [0.5, 0.6) is 0 Å². The monoisotopic (exact) mass is 451 g/mol. The quantitative estimate of drug-likeness (QED) is 0.297. The molecule has 140 valence electrons. The molecule has 1 N–H and O–H groups in total. The van der Waals surface area contributed by atoms with Crippen molar-refractivity contribution in [3.8, 4) is 0 Å². The molecule has 0 aromatic carbocycles. The average molecular weight is 451 g/mol. The minimum atomic E-state index is -0.161. The van der Waals surface area contributed by atoms with Gasteiger partial charge in [0, 0.05) is 20.0 Å². The fourth-order valence-corrected chi connectivity index (χ4v) is 4.29. The van der Waals surface area contributed by atoms with E-state index in [1.54, 1.807) is 19.1 Å². The Hall–Kier alpha value is -0.690. The Morgan fingerprint density at radius 3 is 2.25 bits per heavy atom. The van der Waals surface area contributed by atoms with Crippen molar-refractivity contribution in [1.29, 1.82) is 0 Å². The molecule has 0 bridgehead atoms. The number of hydrogen-bond donors (Lipinski definition) is 1. The zero-order valence-corrected chi connectivity index (χ0v) is 18.1. The Bertz CT molecular complexity index is 458. The van der Waals surface area contributed by atoms with Crippen molar-refractivity contribution in [3.05, 3.63) is 33.7 Å². The van der Waals surface area contributed by atoms with E-state index in [0.29, 0.717) is 0 Å². The fraction of sp³-hybridized carbons (Fsp3) is 0.632. The van der Waals surface area contributed by atoms with Crippen molar-refractivity contribution >= 4 is 5.91 Å². The maximum absolute atomic E-state index is 13.2. The van der Waals surface area contributed by atoms with Crippen molar-refractivity contribution < 1.29 is 30.4 Å². The van der Waals surface area contributed by atoms with E-state index in [0.717, 1.165) is 21.2 Å². The zero-order chi connectivity index (χ0) is 18.6. The summed E-state index contributed by atoms with van der Waals surface area (Å²) in [7, 11) is 0. The Morgan fingerprint density at radius 2 is 1.83 bits per heavy atom. The van der Waals surface area contributed by atoms with E-state index in [9.17, 15) is 9.18 Å². The van der Waals surface area contributed by atoms with Crippen LogP contribution in [0.2, 0.25) is 0 Å². The number of halogens is 2. The van der Waals surface area contributed by atoms with Crippen LogP contribution in [-0.2, 0) is 4.79 Å². The summed E-state index contributed by atoms with van der Waals surface area (Å²) in [5.74, 6) is 0.0635. The van der Waals surface area contributed by atoms with Crippen LogP contribution in [0.3, 0.4) is 0 Å². The molecule has 0 spiro atoms. The predicted molar refractivity (Wildman–Crippen MR) is 97.0 cm³/mol. The summed E-state index contributed by atoms with van der Waals surface area (Å²) in [6, 6.07) is 0. The van der Waals surface area contributed by atoms with Gasteiger partial charge in [0.2, 0.25) is 5.91 Å². The molecule has 5 heteroatoms. The molecule has 0 aromatic rings. The van der Waals surface area contributed by atoms with Gasteiger partial charge in [-0.25, -0.2) is 0 Å². The van der Waals surface area contributed by atoms with Gasteiger partial charge in [-0.2, -0.15) is 0 Å². The Kier molecular flexibility index (Phi) is 12.3. The van der Waals surface area contributed by atoms with E-state index in [4.69, 9.17) is 0 Å². The number of rotatable bonds is 5. The van der Waals surface area contributed by atoms with Gasteiger partial charge in [0.25, 0.3) is 0 Å². The van der Waals surface area contributed by atoms with Crippen LogP contribution >= 0.6 is 0 Å². The van der Waals surface area contributed by atoms with Gasteiger partial charge in [-0.05, 0) is 12.8 Å². The number of carbonyl (C=O) groups is 1. The van der Waals surface area contributed by atoms with E-state index in [1.165, 1.54) is 18.9 Å². The number of carbonyl (C=O) groups excluding carboxylic acids is 1. The first-order chi connectivity index (χ1) is 11.2. The molecule has 1 saturated heterocycles. The molecule has 0 atom stereocenters.